The van der Waals surface area contributed by atoms with E-state index in [9.17, 15) is 0 Å². The molecule has 0 aromatic heterocycles. The van der Waals surface area contributed by atoms with Crippen molar-refractivity contribution in [1.82, 2.24) is 0 Å². The highest BCUT2D eigenvalue weighted by molar-refractivity contribution is 9.11. The average Bonchev–Trinajstić information content (AvgIpc) is 2.01. The molecule has 0 fully saturated rings. The van der Waals surface area contributed by atoms with E-state index in [4.69, 9.17) is 0 Å². The van der Waals surface area contributed by atoms with Crippen LogP contribution in [0.1, 0.15) is 39.5 Å². The Hall–Kier alpha value is 0.570. The van der Waals surface area contributed by atoms with Crippen LogP contribution in [-0.2, 0) is 0 Å². The summed E-state index contributed by atoms with van der Waals surface area (Å²) in [4.78, 5) is 0. The van der Waals surface area contributed by atoms with Crippen molar-refractivity contribution < 1.29 is 0 Å². The molecule has 0 aromatic rings. The quantitative estimate of drug-likeness (QED) is 0.610. The third-order valence-electron chi connectivity index (χ3n) is 1.30. The Morgan fingerprint density at radius 2 is 2.09 bits per heavy atom. The lowest BCUT2D eigenvalue weighted by Crippen LogP contribution is -1.73. The predicted octanol–water partition coefficient (Wildman–Crippen LogP) is 4.56. The Morgan fingerprint density at radius 3 is 2.64 bits per heavy atom. The molecule has 0 radical (unpaired) electrons. The van der Waals surface area contributed by atoms with Gasteiger partial charge in [-0.15, -0.1) is 11.8 Å². The first-order valence-corrected chi connectivity index (χ1v) is 6.11. The summed E-state index contributed by atoms with van der Waals surface area (Å²) in [6.07, 6.45) is 5.04. The maximum absolute atomic E-state index is 3.55. The highest BCUT2D eigenvalue weighted by Gasteiger charge is 1.90. The van der Waals surface area contributed by atoms with E-state index in [0.717, 1.165) is 0 Å². The second-order valence-electron chi connectivity index (χ2n) is 2.54. The first-order valence-electron chi connectivity index (χ1n) is 4.27. The number of hydrogen-bond acceptors (Lipinski definition) is 1. The number of rotatable bonds is 6. The van der Waals surface area contributed by atoms with E-state index in [1.165, 1.54) is 35.9 Å². The van der Waals surface area contributed by atoms with Crippen LogP contribution in [0.15, 0.2) is 9.89 Å². The molecule has 0 atom stereocenters. The van der Waals surface area contributed by atoms with E-state index in [1.807, 2.05) is 11.8 Å². The number of unbranched alkanes of at least 4 members (excludes halogenated alkanes) is 1. The van der Waals surface area contributed by atoms with Gasteiger partial charge in [0.2, 0.25) is 0 Å². The van der Waals surface area contributed by atoms with Crippen molar-refractivity contribution in [3.63, 3.8) is 0 Å². The molecule has 0 aromatic carbocycles. The van der Waals surface area contributed by atoms with Crippen LogP contribution in [0.25, 0.3) is 0 Å². The second-order valence-corrected chi connectivity index (χ2v) is 4.53. The summed E-state index contributed by atoms with van der Waals surface area (Å²) in [5, 5.41) is 2.24. The molecule has 0 bridgehead atoms. The van der Waals surface area contributed by atoms with Gasteiger partial charge in [0.15, 0.2) is 0 Å². The maximum Gasteiger partial charge on any atom is 0.00135 e. The van der Waals surface area contributed by atoms with E-state index in [-0.39, 0.29) is 0 Å². The van der Waals surface area contributed by atoms with Crippen molar-refractivity contribution in [2.45, 2.75) is 39.5 Å². The summed E-state index contributed by atoms with van der Waals surface area (Å²) >= 11 is 5.45. The zero-order valence-electron chi connectivity index (χ0n) is 7.40. The molecule has 0 aliphatic carbocycles. The molecule has 2 heteroatoms. The second kappa shape index (κ2) is 8.66. The van der Waals surface area contributed by atoms with Crippen LogP contribution in [0, 0.1) is 0 Å². The van der Waals surface area contributed by atoms with Gasteiger partial charge in [-0.05, 0) is 30.4 Å². The van der Waals surface area contributed by atoms with Crippen LogP contribution >= 0.6 is 27.7 Å². The average molecular weight is 237 g/mol. The molecule has 0 saturated heterocycles. The van der Waals surface area contributed by atoms with Gasteiger partial charge in [0.1, 0.15) is 0 Å². The monoisotopic (exact) mass is 236 g/mol. The molecular weight excluding hydrogens is 220 g/mol. The first-order chi connectivity index (χ1) is 5.31. The molecule has 11 heavy (non-hydrogen) atoms. The van der Waals surface area contributed by atoms with Crippen LogP contribution in [-0.4, -0.2) is 5.75 Å². The topological polar surface area (TPSA) is 0 Å². The summed E-state index contributed by atoms with van der Waals surface area (Å²) in [5.41, 5.74) is 0. The Morgan fingerprint density at radius 1 is 1.36 bits per heavy atom. The van der Waals surface area contributed by atoms with Crippen molar-refractivity contribution in [2.24, 2.45) is 0 Å². The van der Waals surface area contributed by atoms with Gasteiger partial charge in [0.25, 0.3) is 0 Å². The van der Waals surface area contributed by atoms with E-state index >= 15 is 0 Å². The minimum absolute atomic E-state index is 1.20. The van der Waals surface area contributed by atoms with Crippen molar-refractivity contribution >= 4 is 27.7 Å². The van der Waals surface area contributed by atoms with Crippen molar-refractivity contribution in [1.29, 1.82) is 0 Å². The number of allylic oxidation sites excluding steroid dienone is 1. The Bertz CT molecular complexity index is 110. The van der Waals surface area contributed by atoms with Crippen LogP contribution < -0.4 is 0 Å². The van der Waals surface area contributed by atoms with Gasteiger partial charge >= 0.3 is 0 Å². The molecular formula is C9H17BrS. The maximum atomic E-state index is 3.55. The zero-order chi connectivity index (χ0) is 8.53. The van der Waals surface area contributed by atoms with E-state index in [0.29, 0.717) is 0 Å². The highest BCUT2D eigenvalue weighted by Crippen LogP contribution is 2.18. The number of halogens is 1. The van der Waals surface area contributed by atoms with Gasteiger partial charge < -0.3 is 0 Å². The predicted molar refractivity (Wildman–Crippen MR) is 59.3 cm³/mol. The summed E-state index contributed by atoms with van der Waals surface area (Å²) < 4.78 is 1.36. The molecule has 0 saturated carbocycles. The molecule has 66 valence electrons. The minimum atomic E-state index is 1.20. The standard InChI is InChI=1S/C9H17BrS/c1-3-5-6-9(10)8-11-7-4-2/h8H,3-7H2,1-2H3/b9-8+. The SMILES string of the molecule is CCCC/C(Br)=C\SCCC. The van der Waals surface area contributed by atoms with E-state index in [2.05, 4.69) is 35.2 Å². The Balaban J connectivity index is 3.30. The molecule has 0 amide bonds. The largest absolute Gasteiger partial charge is 0.133 e. The van der Waals surface area contributed by atoms with Crippen molar-refractivity contribution in [3.05, 3.63) is 9.89 Å². The van der Waals surface area contributed by atoms with Gasteiger partial charge in [-0.3, -0.25) is 0 Å². The van der Waals surface area contributed by atoms with Crippen LogP contribution in [0.3, 0.4) is 0 Å². The number of hydrogen-bond donors (Lipinski definition) is 0. The van der Waals surface area contributed by atoms with E-state index < -0.39 is 0 Å². The van der Waals surface area contributed by atoms with Gasteiger partial charge in [-0.1, -0.05) is 36.2 Å². The van der Waals surface area contributed by atoms with Crippen LogP contribution in [0.2, 0.25) is 0 Å². The van der Waals surface area contributed by atoms with Gasteiger partial charge in [-0.2, -0.15) is 0 Å². The Kier molecular flexibility index (Phi) is 9.11. The fourth-order valence-electron chi connectivity index (χ4n) is 0.672. The fraction of sp³-hybridized carbons (Fsp3) is 0.778. The Labute approximate surface area is 83.0 Å². The summed E-state index contributed by atoms with van der Waals surface area (Å²) in [6.45, 7) is 4.43. The lowest BCUT2D eigenvalue weighted by molar-refractivity contribution is 0.811. The zero-order valence-corrected chi connectivity index (χ0v) is 9.80. The molecule has 0 aliphatic heterocycles. The molecule has 0 heterocycles. The smallest absolute Gasteiger partial charge is 0.00135 e. The minimum Gasteiger partial charge on any atom is -0.133 e. The summed E-state index contributed by atoms with van der Waals surface area (Å²) in [6, 6.07) is 0. The lowest BCUT2D eigenvalue weighted by atomic mass is 10.2. The summed E-state index contributed by atoms with van der Waals surface area (Å²) in [5.74, 6) is 1.24. The third-order valence-corrected chi connectivity index (χ3v) is 3.33. The van der Waals surface area contributed by atoms with Gasteiger partial charge in [0, 0.05) is 4.48 Å². The first kappa shape index (κ1) is 11.6. The van der Waals surface area contributed by atoms with Crippen LogP contribution in [0.4, 0.5) is 0 Å². The van der Waals surface area contributed by atoms with E-state index in [1.54, 1.807) is 0 Å². The lowest BCUT2D eigenvalue weighted by Gasteiger charge is -1.96. The molecule has 0 spiro atoms. The molecule has 0 rings (SSSR count). The fourth-order valence-corrected chi connectivity index (χ4v) is 2.00. The third kappa shape index (κ3) is 8.48. The van der Waals surface area contributed by atoms with Crippen molar-refractivity contribution in [3.8, 4) is 0 Å². The molecule has 0 unspecified atom stereocenters. The molecule has 0 aliphatic rings. The normalized spacial score (nSPS) is 12.1. The van der Waals surface area contributed by atoms with Crippen LogP contribution in [0.5, 0.6) is 0 Å². The summed E-state index contributed by atoms with van der Waals surface area (Å²) in [7, 11) is 0. The number of thioether (sulfide) groups is 1. The highest BCUT2D eigenvalue weighted by atomic mass is 79.9. The van der Waals surface area contributed by atoms with Crippen molar-refractivity contribution in [2.75, 3.05) is 5.75 Å². The molecule has 0 N–H and O–H groups in total. The van der Waals surface area contributed by atoms with Gasteiger partial charge in [0.05, 0.1) is 0 Å². The molecule has 0 nitrogen and oxygen atoms in total. The van der Waals surface area contributed by atoms with Gasteiger partial charge in [-0.25, -0.2) is 0 Å².